The van der Waals surface area contributed by atoms with Crippen molar-refractivity contribution in [1.82, 2.24) is 9.80 Å². The van der Waals surface area contributed by atoms with Crippen molar-refractivity contribution in [3.05, 3.63) is 29.6 Å². The molecule has 1 spiro atoms. The largest absolute Gasteiger partial charge is 0.497 e. The van der Waals surface area contributed by atoms with Gasteiger partial charge in [0.1, 0.15) is 18.1 Å². The Balaban J connectivity index is 1.58. The molecular formula is C19H25FN2O4. The molecule has 3 rings (SSSR count). The summed E-state index contributed by atoms with van der Waals surface area (Å²) in [7, 11) is 1.51. The van der Waals surface area contributed by atoms with Crippen LogP contribution in [0.2, 0.25) is 0 Å². The molecule has 1 N–H and O–H groups in total. The maximum Gasteiger partial charge on any atom is 0.323 e. The number of hydrogen-bond donors (Lipinski definition) is 1. The summed E-state index contributed by atoms with van der Waals surface area (Å²) in [6, 6.07) is 4.92. The minimum absolute atomic E-state index is 0.00167. The van der Waals surface area contributed by atoms with Gasteiger partial charge in [-0.1, -0.05) is 6.07 Å². The number of likely N-dealkylation sites (tertiary alicyclic amines) is 2. The minimum atomic E-state index is -0.970. The Kier molecular flexibility index (Phi) is 5.46. The van der Waals surface area contributed by atoms with E-state index in [1.165, 1.54) is 18.1 Å². The first-order valence-corrected chi connectivity index (χ1v) is 8.95. The van der Waals surface area contributed by atoms with E-state index in [1.54, 1.807) is 12.1 Å². The third-order valence-electron chi connectivity index (χ3n) is 5.65. The van der Waals surface area contributed by atoms with Crippen LogP contribution >= 0.6 is 0 Å². The summed E-state index contributed by atoms with van der Waals surface area (Å²) in [5.41, 5.74) is 0.645. The van der Waals surface area contributed by atoms with E-state index >= 15 is 0 Å². The Hall–Kier alpha value is -2.15. The second-order valence-corrected chi connectivity index (χ2v) is 7.38. The standard InChI is InChI=1S/C19H25FN2O4/c1-26-15-3-2-14(16(20)10-15)11-21-8-6-19(7-9-21)5-4-17(23)22(13-19)12-18(24)25/h2-3,10H,4-9,11-13H2,1H3,(H,24,25). The van der Waals surface area contributed by atoms with E-state index in [9.17, 15) is 14.0 Å². The molecule has 2 aliphatic heterocycles. The summed E-state index contributed by atoms with van der Waals surface area (Å²) in [4.78, 5) is 26.6. The van der Waals surface area contributed by atoms with Gasteiger partial charge in [-0.2, -0.15) is 0 Å². The van der Waals surface area contributed by atoms with Gasteiger partial charge in [0.2, 0.25) is 5.91 Å². The smallest absolute Gasteiger partial charge is 0.323 e. The topological polar surface area (TPSA) is 70.1 Å². The van der Waals surface area contributed by atoms with Gasteiger partial charge in [-0.25, -0.2) is 4.39 Å². The van der Waals surface area contributed by atoms with Gasteiger partial charge in [-0.15, -0.1) is 0 Å². The molecule has 1 aromatic rings. The number of piperidine rings is 2. The summed E-state index contributed by atoms with van der Waals surface area (Å²) in [5.74, 6) is -0.793. The molecule has 0 aliphatic carbocycles. The van der Waals surface area contributed by atoms with Crippen LogP contribution in [0.25, 0.3) is 0 Å². The number of halogens is 1. The highest BCUT2D eigenvalue weighted by Gasteiger charge is 2.41. The lowest BCUT2D eigenvalue weighted by Crippen LogP contribution is -2.52. The molecule has 1 aromatic carbocycles. The number of carbonyl (C=O) groups is 2. The van der Waals surface area contributed by atoms with Gasteiger partial charge in [0.25, 0.3) is 0 Å². The third-order valence-corrected chi connectivity index (χ3v) is 5.65. The third kappa shape index (κ3) is 4.15. The molecule has 0 atom stereocenters. The van der Waals surface area contributed by atoms with E-state index in [0.29, 0.717) is 30.8 Å². The normalized spacial score (nSPS) is 20.4. The molecule has 1 amide bonds. The van der Waals surface area contributed by atoms with Crippen molar-refractivity contribution in [2.45, 2.75) is 32.2 Å². The minimum Gasteiger partial charge on any atom is -0.497 e. The Bertz CT molecular complexity index is 686. The van der Waals surface area contributed by atoms with E-state index in [1.807, 2.05) is 0 Å². The van der Waals surface area contributed by atoms with E-state index in [0.717, 1.165) is 32.4 Å². The first-order valence-electron chi connectivity index (χ1n) is 8.95. The molecule has 2 aliphatic rings. The van der Waals surface area contributed by atoms with Crippen LogP contribution in [0.5, 0.6) is 5.75 Å². The van der Waals surface area contributed by atoms with E-state index in [-0.39, 0.29) is 23.7 Å². The molecule has 6 nitrogen and oxygen atoms in total. The fraction of sp³-hybridized carbons (Fsp3) is 0.579. The number of amides is 1. The molecule has 0 aromatic heterocycles. The highest BCUT2D eigenvalue weighted by atomic mass is 19.1. The number of hydrogen-bond acceptors (Lipinski definition) is 4. The zero-order chi connectivity index (χ0) is 18.7. The van der Waals surface area contributed by atoms with Crippen LogP contribution in [-0.2, 0) is 16.1 Å². The summed E-state index contributed by atoms with van der Waals surface area (Å²) in [6.45, 7) is 2.48. The maximum absolute atomic E-state index is 14.1. The predicted octanol–water partition coefficient (Wildman–Crippen LogP) is 2.12. The summed E-state index contributed by atoms with van der Waals surface area (Å²) >= 11 is 0. The van der Waals surface area contributed by atoms with Crippen molar-refractivity contribution in [2.75, 3.05) is 33.3 Å². The van der Waals surface area contributed by atoms with Crippen LogP contribution in [0.3, 0.4) is 0 Å². The number of rotatable bonds is 5. The van der Waals surface area contributed by atoms with Crippen molar-refractivity contribution in [1.29, 1.82) is 0 Å². The average Bonchev–Trinajstić information content (AvgIpc) is 2.61. The number of nitrogens with zero attached hydrogens (tertiary/aromatic N) is 2. The Labute approximate surface area is 152 Å². The van der Waals surface area contributed by atoms with Crippen LogP contribution in [0.4, 0.5) is 4.39 Å². The molecule has 26 heavy (non-hydrogen) atoms. The highest BCUT2D eigenvalue weighted by molar-refractivity contribution is 5.82. The lowest BCUT2D eigenvalue weighted by atomic mass is 9.72. The Morgan fingerprint density at radius 3 is 2.65 bits per heavy atom. The fourth-order valence-corrected chi connectivity index (χ4v) is 4.03. The van der Waals surface area contributed by atoms with Gasteiger partial charge >= 0.3 is 5.97 Å². The van der Waals surface area contributed by atoms with Gasteiger partial charge in [0.05, 0.1) is 7.11 Å². The Morgan fingerprint density at radius 2 is 2.04 bits per heavy atom. The van der Waals surface area contributed by atoms with E-state index < -0.39 is 5.97 Å². The molecule has 0 unspecified atom stereocenters. The monoisotopic (exact) mass is 364 g/mol. The Morgan fingerprint density at radius 1 is 1.31 bits per heavy atom. The molecule has 2 fully saturated rings. The van der Waals surface area contributed by atoms with Crippen LogP contribution in [-0.4, -0.2) is 60.1 Å². The number of carboxylic acids is 1. The first-order chi connectivity index (χ1) is 12.4. The fourth-order valence-electron chi connectivity index (χ4n) is 4.03. The van der Waals surface area contributed by atoms with Crippen molar-refractivity contribution >= 4 is 11.9 Å². The molecule has 2 heterocycles. The van der Waals surface area contributed by atoms with Crippen molar-refractivity contribution in [3.8, 4) is 5.75 Å². The number of benzene rings is 1. The van der Waals surface area contributed by atoms with Gasteiger partial charge in [-0.3, -0.25) is 14.5 Å². The quantitative estimate of drug-likeness (QED) is 0.867. The molecule has 142 valence electrons. The van der Waals surface area contributed by atoms with E-state index in [2.05, 4.69) is 4.90 Å². The SMILES string of the molecule is COc1ccc(CN2CCC3(CCC(=O)N(CC(=O)O)C3)CC2)c(F)c1. The van der Waals surface area contributed by atoms with Crippen molar-refractivity contribution < 1.29 is 23.8 Å². The number of ether oxygens (including phenoxy) is 1. The first kappa shape index (κ1) is 18.6. The second kappa shape index (κ2) is 7.61. The summed E-state index contributed by atoms with van der Waals surface area (Å²) in [6.07, 6.45) is 3.02. The van der Waals surface area contributed by atoms with Crippen molar-refractivity contribution in [3.63, 3.8) is 0 Å². The number of aliphatic carboxylic acids is 1. The zero-order valence-corrected chi connectivity index (χ0v) is 15.0. The van der Waals surface area contributed by atoms with Gasteiger partial charge in [0.15, 0.2) is 0 Å². The lowest BCUT2D eigenvalue weighted by Gasteiger charge is -2.47. The lowest BCUT2D eigenvalue weighted by molar-refractivity contribution is -0.149. The molecule has 0 bridgehead atoms. The van der Waals surface area contributed by atoms with Crippen molar-refractivity contribution in [2.24, 2.45) is 5.41 Å². The van der Waals surface area contributed by atoms with Gasteiger partial charge in [-0.05, 0) is 43.8 Å². The molecular weight excluding hydrogens is 339 g/mol. The van der Waals surface area contributed by atoms with Gasteiger partial charge in [0, 0.05) is 31.1 Å². The molecule has 0 radical (unpaired) electrons. The van der Waals surface area contributed by atoms with Crippen LogP contribution < -0.4 is 4.74 Å². The maximum atomic E-state index is 14.1. The van der Waals surface area contributed by atoms with Crippen LogP contribution in [0.1, 0.15) is 31.2 Å². The van der Waals surface area contributed by atoms with Gasteiger partial charge < -0.3 is 14.7 Å². The highest BCUT2D eigenvalue weighted by Crippen LogP contribution is 2.40. The van der Waals surface area contributed by atoms with E-state index in [4.69, 9.17) is 9.84 Å². The number of carboxylic acid groups (broad SMARTS) is 1. The average molecular weight is 364 g/mol. The zero-order valence-electron chi connectivity index (χ0n) is 15.0. The molecule has 7 heteroatoms. The second-order valence-electron chi connectivity index (χ2n) is 7.38. The summed E-state index contributed by atoms with van der Waals surface area (Å²) < 4.78 is 19.2. The molecule has 0 saturated carbocycles. The van der Waals surface area contributed by atoms with Crippen LogP contribution in [0, 0.1) is 11.2 Å². The summed E-state index contributed by atoms with van der Waals surface area (Å²) in [5, 5.41) is 8.99. The predicted molar refractivity (Wildman–Crippen MR) is 93.3 cm³/mol. The van der Waals surface area contributed by atoms with Crippen LogP contribution in [0.15, 0.2) is 18.2 Å². The number of carbonyl (C=O) groups excluding carboxylic acids is 1. The number of methoxy groups -OCH3 is 1. The molecule has 2 saturated heterocycles.